The van der Waals surface area contributed by atoms with Gasteiger partial charge in [-0.15, -0.1) is 12.4 Å². The standard InChI is InChI=1S/C22H24N2O8.ClH/c1-21(31)8-5-4-6-11(25)12(8)16(26)13-9(21)7-10-15(24(2)3)17(27)14(20(23)30)19(29)22(10,32)18(13)28;/h4-6,9-10,15,25-26,29,31-32H,7H2,1-3H3,(H2,23,30);1H. The third-order valence-corrected chi connectivity index (χ3v) is 7.02. The lowest BCUT2D eigenvalue weighted by Gasteiger charge is -2.53. The number of aliphatic hydroxyl groups excluding tert-OH is 2. The van der Waals surface area contributed by atoms with E-state index in [9.17, 15) is 39.9 Å². The Kier molecular flexibility index (Phi) is 5.66. The maximum atomic E-state index is 13.7. The fourth-order valence-corrected chi connectivity index (χ4v) is 5.50. The molecule has 10 nitrogen and oxygen atoms in total. The number of nitrogens with two attached hydrogens (primary N) is 1. The first-order valence-electron chi connectivity index (χ1n) is 9.97. The number of rotatable bonds is 2. The van der Waals surface area contributed by atoms with Gasteiger partial charge in [-0.25, -0.2) is 0 Å². The Morgan fingerprint density at radius 3 is 2.30 bits per heavy atom. The minimum absolute atomic E-state index is 0. The number of halogens is 1. The number of hydrogen-bond acceptors (Lipinski definition) is 9. The van der Waals surface area contributed by atoms with Crippen molar-refractivity contribution in [1.29, 1.82) is 0 Å². The summed E-state index contributed by atoms with van der Waals surface area (Å²) in [5.74, 6) is -7.90. The molecule has 1 aromatic rings. The number of benzene rings is 1. The SMILES string of the molecule is CN(C)C1C(=O)C(C(N)=O)=C(O)C2(O)C(=O)C3=C(O)c4c(O)cccc4C(C)(O)C3CC12.Cl. The van der Waals surface area contributed by atoms with Gasteiger partial charge in [-0.1, -0.05) is 12.1 Å². The number of hydrogen-bond donors (Lipinski definition) is 6. The monoisotopic (exact) mass is 480 g/mol. The molecule has 0 bridgehead atoms. The van der Waals surface area contributed by atoms with Gasteiger partial charge in [0.15, 0.2) is 11.4 Å². The second kappa shape index (κ2) is 7.56. The van der Waals surface area contributed by atoms with Crippen molar-refractivity contribution >= 4 is 35.6 Å². The fraction of sp³-hybridized carbons (Fsp3) is 0.409. The van der Waals surface area contributed by atoms with Crippen LogP contribution >= 0.6 is 12.4 Å². The second-order valence-electron chi connectivity index (χ2n) is 8.96. The molecule has 178 valence electrons. The summed E-state index contributed by atoms with van der Waals surface area (Å²) in [4.78, 5) is 40.0. The summed E-state index contributed by atoms with van der Waals surface area (Å²) in [7, 11) is 3.01. The van der Waals surface area contributed by atoms with Crippen LogP contribution in [0.1, 0.15) is 24.5 Å². The highest BCUT2D eigenvalue weighted by molar-refractivity contribution is 6.24. The van der Waals surface area contributed by atoms with E-state index >= 15 is 0 Å². The Hall–Kier alpha value is -2.92. The number of phenolic OH excluding ortho intramolecular Hbond substituents is 1. The van der Waals surface area contributed by atoms with Crippen LogP contribution in [0.5, 0.6) is 5.75 Å². The summed E-state index contributed by atoms with van der Waals surface area (Å²) in [6, 6.07) is 3.02. The van der Waals surface area contributed by atoms with Gasteiger partial charge in [0.25, 0.3) is 5.91 Å². The van der Waals surface area contributed by atoms with E-state index in [0.717, 1.165) is 0 Å². The molecule has 1 amide bonds. The minimum Gasteiger partial charge on any atom is -0.508 e. The molecule has 1 saturated carbocycles. The first kappa shape index (κ1) is 24.7. The zero-order chi connectivity index (χ0) is 23.9. The first-order chi connectivity index (χ1) is 14.8. The highest BCUT2D eigenvalue weighted by atomic mass is 35.5. The van der Waals surface area contributed by atoms with Crippen LogP contribution < -0.4 is 5.73 Å². The molecule has 0 aliphatic heterocycles. The lowest BCUT2D eigenvalue weighted by Crippen LogP contribution is -2.67. The molecule has 0 aromatic heterocycles. The van der Waals surface area contributed by atoms with Gasteiger partial charge in [0.1, 0.15) is 22.8 Å². The molecule has 33 heavy (non-hydrogen) atoms. The summed E-state index contributed by atoms with van der Waals surface area (Å²) in [5, 5.41) is 54.9. The quantitative estimate of drug-likeness (QED) is 0.318. The third kappa shape index (κ3) is 2.95. The van der Waals surface area contributed by atoms with E-state index in [1.807, 2.05) is 0 Å². The van der Waals surface area contributed by atoms with Gasteiger partial charge in [0, 0.05) is 17.4 Å². The number of aromatic hydroxyl groups is 1. The minimum atomic E-state index is -2.75. The van der Waals surface area contributed by atoms with Crippen molar-refractivity contribution in [2.45, 2.75) is 30.6 Å². The number of primary amides is 1. The average Bonchev–Trinajstić information content (AvgIpc) is 2.68. The Labute approximate surface area is 195 Å². The number of aliphatic hydroxyl groups is 4. The maximum absolute atomic E-state index is 13.7. The number of likely N-dealkylation sites (N-methyl/N-ethyl adjacent to an activating group) is 1. The maximum Gasteiger partial charge on any atom is 0.255 e. The molecule has 1 aromatic carbocycles. The normalized spacial score (nSPS) is 33.3. The number of carbonyl (C=O) groups excluding carboxylic acids is 3. The number of amides is 1. The highest BCUT2D eigenvalue weighted by Crippen LogP contribution is 2.57. The van der Waals surface area contributed by atoms with Crippen molar-refractivity contribution in [1.82, 2.24) is 4.90 Å². The van der Waals surface area contributed by atoms with E-state index in [-0.39, 0.29) is 30.0 Å². The van der Waals surface area contributed by atoms with E-state index in [1.165, 1.54) is 44.1 Å². The van der Waals surface area contributed by atoms with Crippen molar-refractivity contribution in [3.05, 3.63) is 46.2 Å². The van der Waals surface area contributed by atoms with Crippen LogP contribution in [0.25, 0.3) is 5.76 Å². The van der Waals surface area contributed by atoms with Gasteiger partial charge >= 0.3 is 0 Å². The van der Waals surface area contributed by atoms with Crippen LogP contribution in [-0.4, -0.2) is 73.6 Å². The summed E-state index contributed by atoms with van der Waals surface area (Å²) in [6.45, 7) is 1.40. The van der Waals surface area contributed by atoms with Gasteiger partial charge in [-0.2, -0.15) is 0 Å². The number of nitrogens with zero attached hydrogens (tertiary/aromatic N) is 1. The van der Waals surface area contributed by atoms with Gasteiger partial charge in [-0.05, 0) is 39.1 Å². The van der Waals surface area contributed by atoms with Gasteiger partial charge < -0.3 is 31.3 Å². The molecule has 7 N–H and O–H groups in total. The molecule has 5 atom stereocenters. The molecule has 5 unspecified atom stereocenters. The van der Waals surface area contributed by atoms with E-state index < -0.39 is 75.0 Å². The third-order valence-electron chi connectivity index (χ3n) is 7.02. The van der Waals surface area contributed by atoms with Crippen molar-refractivity contribution in [3.63, 3.8) is 0 Å². The average molecular weight is 481 g/mol. The Morgan fingerprint density at radius 1 is 1.15 bits per heavy atom. The molecule has 0 spiro atoms. The van der Waals surface area contributed by atoms with Crippen LogP contribution in [0.15, 0.2) is 35.1 Å². The van der Waals surface area contributed by atoms with Crippen molar-refractivity contribution in [2.24, 2.45) is 17.6 Å². The van der Waals surface area contributed by atoms with Gasteiger partial charge in [0.2, 0.25) is 5.78 Å². The smallest absolute Gasteiger partial charge is 0.255 e. The van der Waals surface area contributed by atoms with Crippen LogP contribution in [-0.2, 0) is 20.0 Å². The number of phenols is 1. The molecule has 11 heteroatoms. The Balaban J connectivity index is 0.00000306. The van der Waals surface area contributed by atoms with E-state index in [4.69, 9.17) is 5.73 Å². The van der Waals surface area contributed by atoms with Gasteiger partial charge in [-0.3, -0.25) is 19.3 Å². The molecule has 0 heterocycles. The first-order valence-corrected chi connectivity index (χ1v) is 9.97. The molecular formula is C22H25ClN2O8. The van der Waals surface area contributed by atoms with Crippen LogP contribution in [0.4, 0.5) is 0 Å². The van der Waals surface area contributed by atoms with Crippen molar-refractivity contribution in [3.8, 4) is 5.75 Å². The largest absolute Gasteiger partial charge is 0.508 e. The topological polar surface area (TPSA) is 182 Å². The van der Waals surface area contributed by atoms with E-state index in [2.05, 4.69) is 0 Å². The van der Waals surface area contributed by atoms with E-state index in [0.29, 0.717) is 0 Å². The summed E-state index contributed by atoms with van der Waals surface area (Å²) in [5.41, 5.74) is -0.548. The lowest BCUT2D eigenvalue weighted by molar-refractivity contribution is -0.159. The number of Topliss-reactive ketones (excluding diaryl/α,β-unsaturated/α-hetero) is 2. The Morgan fingerprint density at radius 2 is 1.76 bits per heavy atom. The van der Waals surface area contributed by atoms with E-state index in [1.54, 1.807) is 0 Å². The molecule has 4 rings (SSSR count). The summed E-state index contributed by atoms with van der Waals surface area (Å²) >= 11 is 0. The molecule has 3 aliphatic rings. The molecule has 0 saturated heterocycles. The Bertz CT molecular complexity index is 1160. The highest BCUT2D eigenvalue weighted by Gasteiger charge is 2.66. The summed E-state index contributed by atoms with van der Waals surface area (Å²) in [6.07, 6.45) is -0.200. The molecule has 0 radical (unpaired) electrons. The molecule has 3 aliphatic carbocycles. The molecule has 1 fully saturated rings. The zero-order valence-electron chi connectivity index (χ0n) is 18.1. The van der Waals surface area contributed by atoms with Gasteiger partial charge in [0.05, 0.1) is 17.2 Å². The summed E-state index contributed by atoms with van der Waals surface area (Å²) < 4.78 is 0. The van der Waals surface area contributed by atoms with Crippen LogP contribution in [0.3, 0.4) is 0 Å². The number of carbonyl (C=O) groups is 3. The predicted octanol–water partition coefficient (Wildman–Crippen LogP) is 0.0508. The lowest BCUT2D eigenvalue weighted by atomic mass is 9.54. The van der Waals surface area contributed by atoms with Crippen LogP contribution in [0.2, 0.25) is 0 Å². The fourth-order valence-electron chi connectivity index (χ4n) is 5.50. The van der Waals surface area contributed by atoms with Crippen molar-refractivity contribution in [2.75, 3.05) is 14.1 Å². The number of fused-ring (bicyclic) bond motifs is 3. The predicted molar refractivity (Wildman–Crippen MR) is 117 cm³/mol. The number of ketones is 2. The van der Waals surface area contributed by atoms with Crippen LogP contribution in [0, 0.1) is 11.8 Å². The molecular weight excluding hydrogens is 456 g/mol. The van der Waals surface area contributed by atoms with Crippen molar-refractivity contribution < 1.29 is 39.9 Å². The zero-order valence-corrected chi connectivity index (χ0v) is 18.9. The second-order valence-corrected chi connectivity index (χ2v) is 8.96.